The van der Waals surface area contributed by atoms with Gasteiger partial charge in [-0.2, -0.15) is 18.2 Å². The summed E-state index contributed by atoms with van der Waals surface area (Å²) in [5.74, 6) is -0.526. The lowest BCUT2D eigenvalue weighted by molar-refractivity contribution is -0.139. The van der Waals surface area contributed by atoms with Gasteiger partial charge in [0.15, 0.2) is 5.96 Å². The fourth-order valence-corrected chi connectivity index (χ4v) is 2.41. The van der Waals surface area contributed by atoms with Crippen molar-refractivity contribution in [1.29, 1.82) is 0 Å². The molecule has 0 spiro atoms. The Hall–Kier alpha value is -2.34. The second-order valence-corrected chi connectivity index (χ2v) is 5.54. The highest BCUT2D eigenvalue weighted by Crippen LogP contribution is 2.36. The monoisotopic (exact) mass is 322 g/mol. The molecule has 0 unspecified atom stereocenters. The van der Waals surface area contributed by atoms with Gasteiger partial charge in [-0.15, -0.1) is 0 Å². The van der Waals surface area contributed by atoms with E-state index in [2.05, 4.69) is 15.0 Å². The van der Waals surface area contributed by atoms with Crippen LogP contribution in [0, 0.1) is 0 Å². The summed E-state index contributed by atoms with van der Waals surface area (Å²) in [6.45, 7) is 0. The van der Waals surface area contributed by atoms with E-state index in [0.717, 1.165) is 0 Å². The van der Waals surface area contributed by atoms with Crippen molar-refractivity contribution >= 4 is 33.0 Å². The number of H-pyrrole nitrogens is 1. The van der Waals surface area contributed by atoms with Gasteiger partial charge in [0.1, 0.15) is 0 Å². The summed E-state index contributed by atoms with van der Waals surface area (Å²) in [5.41, 5.74) is 8.66. The number of nitrogens with one attached hydrogen (secondary N) is 1. The van der Waals surface area contributed by atoms with Crippen LogP contribution < -0.4 is 16.6 Å². The highest BCUT2D eigenvalue weighted by atomic mass is 32.2. The molecule has 0 saturated heterocycles. The maximum Gasteiger partial charge on any atom is 0.417 e. The number of imidazole rings is 1. The first-order valence-electron chi connectivity index (χ1n) is 5.22. The molecule has 0 atom stereocenters. The number of nitrogens with two attached hydrogens (primary N) is 3. The Bertz CT molecular complexity index is 835. The molecule has 0 saturated carbocycles. The average Bonchev–Trinajstić information content (AvgIpc) is 2.64. The predicted molar refractivity (Wildman–Crippen MR) is 67.9 cm³/mol. The van der Waals surface area contributed by atoms with Crippen molar-refractivity contribution in [3.63, 3.8) is 0 Å². The highest BCUT2D eigenvalue weighted by Gasteiger charge is 2.37. The van der Waals surface area contributed by atoms with Crippen LogP contribution in [0.2, 0.25) is 0 Å². The van der Waals surface area contributed by atoms with Gasteiger partial charge in [-0.1, -0.05) is 0 Å². The Morgan fingerprint density at radius 2 is 1.90 bits per heavy atom. The van der Waals surface area contributed by atoms with E-state index in [4.69, 9.17) is 16.6 Å². The molecule has 0 radical (unpaired) electrons. The topological polar surface area (TPSA) is 153 Å². The summed E-state index contributed by atoms with van der Waals surface area (Å²) in [5, 5.41) is 4.80. The number of fused-ring (bicyclic) bond motifs is 1. The van der Waals surface area contributed by atoms with Gasteiger partial charge in [0, 0.05) is 0 Å². The number of benzene rings is 1. The van der Waals surface area contributed by atoms with E-state index >= 15 is 0 Å². The van der Waals surface area contributed by atoms with E-state index in [1.54, 1.807) is 0 Å². The number of hydrogen-bond acceptors (Lipinski definition) is 4. The fourth-order valence-electron chi connectivity index (χ4n) is 1.66. The van der Waals surface area contributed by atoms with Gasteiger partial charge in [-0.3, -0.25) is 0 Å². The van der Waals surface area contributed by atoms with Gasteiger partial charge in [-0.05, 0) is 12.1 Å². The fraction of sp³-hybridized carbons (Fsp3) is 0.111. The van der Waals surface area contributed by atoms with Crippen molar-refractivity contribution in [3.05, 3.63) is 17.7 Å². The summed E-state index contributed by atoms with van der Waals surface area (Å²) in [6.07, 6.45) is -4.91. The molecular weight excluding hydrogens is 313 g/mol. The molecule has 21 heavy (non-hydrogen) atoms. The van der Waals surface area contributed by atoms with Crippen molar-refractivity contribution < 1.29 is 21.6 Å². The molecule has 0 aliphatic rings. The number of nitrogens with zero attached hydrogens (tertiary/aromatic N) is 2. The van der Waals surface area contributed by atoms with Crippen LogP contribution in [0.5, 0.6) is 0 Å². The molecule has 8 nitrogen and oxygen atoms in total. The van der Waals surface area contributed by atoms with Gasteiger partial charge in [0.2, 0.25) is 16.0 Å². The maximum atomic E-state index is 12.9. The quantitative estimate of drug-likeness (QED) is 0.457. The molecule has 1 aromatic carbocycles. The number of aromatic nitrogens is 2. The van der Waals surface area contributed by atoms with Gasteiger partial charge >= 0.3 is 6.18 Å². The number of alkyl halides is 3. The number of primary sulfonamides is 1. The molecule has 1 aromatic heterocycles. The number of halogens is 3. The lowest BCUT2D eigenvalue weighted by Crippen LogP contribution is -2.22. The third kappa shape index (κ3) is 3.05. The number of rotatable bonds is 2. The Balaban J connectivity index is 2.80. The normalized spacial score (nSPS) is 12.6. The highest BCUT2D eigenvalue weighted by molar-refractivity contribution is 7.89. The predicted octanol–water partition coefficient (Wildman–Crippen LogP) is 0.134. The molecule has 12 heteroatoms. The van der Waals surface area contributed by atoms with Crippen molar-refractivity contribution in [1.82, 2.24) is 9.97 Å². The first-order chi connectivity index (χ1) is 9.48. The Morgan fingerprint density at radius 3 is 2.38 bits per heavy atom. The summed E-state index contributed by atoms with van der Waals surface area (Å²) < 4.78 is 61.3. The maximum absolute atomic E-state index is 12.9. The lowest BCUT2D eigenvalue weighted by atomic mass is 10.2. The second kappa shape index (κ2) is 4.60. The van der Waals surface area contributed by atoms with Crippen LogP contribution in [-0.2, 0) is 16.2 Å². The standard InChI is InChI=1S/C9H9F3N6O2S/c10-9(11,12)3-1-4-5(2-6(3)21(15,19)20)17-8(16-4)18-7(13)14/h1-2H,(H2,15,19,20)(H5,13,14,16,17,18). The average molecular weight is 322 g/mol. The van der Waals surface area contributed by atoms with E-state index in [0.29, 0.717) is 12.1 Å². The minimum atomic E-state index is -4.91. The summed E-state index contributed by atoms with van der Waals surface area (Å²) in [7, 11) is -4.58. The number of aromatic amines is 1. The molecule has 0 aliphatic carbocycles. The first-order valence-corrected chi connectivity index (χ1v) is 6.76. The van der Waals surface area contributed by atoms with E-state index in [1.165, 1.54) is 0 Å². The van der Waals surface area contributed by atoms with Crippen LogP contribution in [0.1, 0.15) is 5.56 Å². The van der Waals surface area contributed by atoms with Crippen molar-refractivity contribution in [2.24, 2.45) is 21.6 Å². The lowest BCUT2D eigenvalue weighted by Gasteiger charge is -2.11. The van der Waals surface area contributed by atoms with Crippen LogP contribution in [-0.4, -0.2) is 24.3 Å². The third-order valence-corrected chi connectivity index (χ3v) is 3.37. The number of sulfonamides is 1. The molecule has 0 bridgehead atoms. The molecule has 7 N–H and O–H groups in total. The minimum absolute atomic E-state index is 0.0768. The summed E-state index contributed by atoms with van der Waals surface area (Å²) in [4.78, 5) is 8.63. The smallest absolute Gasteiger partial charge is 0.370 e. The van der Waals surface area contributed by atoms with Crippen LogP contribution in [0.3, 0.4) is 0 Å². The van der Waals surface area contributed by atoms with Gasteiger partial charge < -0.3 is 16.5 Å². The number of aliphatic imine (C=N–C) groups is 1. The van der Waals surface area contributed by atoms with Crippen molar-refractivity contribution in [3.8, 4) is 0 Å². The molecule has 114 valence electrons. The molecule has 0 amide bonds. The van der Waals surface area contributed by atoms with Crippen LogP contribution in [0.15, 0.2) is 22.0 Å². The Kier molecular flexibility index (Phi) is 3.29. The zero-order valence-electron chi connectivity index (χ0n) is 10.1. The van der Waals surface area contributed by atoms with E-state index in [9.17, 15) is 21.6 Å². The zero-order chi connectivity index (χ0) is 16.0. The number of hydrogen-bond donors (Lipinski definition) is 4. The van der Waals surface area contributed by atoms with Gasteiger partial charge in [-0.25, -0.2) is 18.5 Å². The van der Waals surface area contributed by atoms with E-state index < -0.39 is 26.7 Å². The molecule has 0 fully saturated rings. The second-order valence-electron chi connectivity index (χ2n) is 4.01. The molecule has 2 aromatic rings. The molecule has 1 heterocycles. The minimum Gasteiger partial charge on any atom is -0.370 e. The van der Waals surface area contributed by atoms with Gasteiger partial charge in [0.25, 0.3) is 0 Å². The summed E-state index contributed by atoms with van der Waals surface area (Å²) in [6, 6.07) is 1.28. The van der Waals surface area contributed by atoms with Crippen LogP contribution in [0.25, 0.3) is 11.0 Å². The van der Waals surface area contributed by atoms with Crippen LogP contribution >= 0.6 is 0 Å². The van der Waals surface area contributed by atoms with Crippen molar-refractivity contribution in [2.75, 3.05) is 0 Å². The Labute approximate surface area is 115 Å². The molecular formula is C9H9F3N6O2S. The zero-order valence-corrected chi connectivity index (χ0v) is 11.0. The largest absolute Gasteiger partial charge is 0.417 e. The first kappa shape index (κ1) is 15.1. The van der Waals surface area contributed by atoms with E-state index in [-0.39, 0.29) is 22.9 Å². The van der Waals surface area contributed by atoms with Crippen LogP contribution in [0.4, 0.5) is 19.1 Å². The molecule has 2 rings (SSSR count). The van der Waals surface area contributed by atoms with Crippen molar-refractivity contribution in [2.45, 2.75) is 11.1 Å². The SMILES string of the molecule is NC(N)=Nc1nc2cc(S(N)(=O)=O)c(C(F)(F)F)cc2[nH]1. The third-order valence-electron chi connectivity index (χ3n) is 2.42. The summed E-state index contributed by atoms with van der Waals surface area (Å²) >= 11 is 0. The number of guanidine groups is 1. The molecule has 0 aliphatic heterocycles. The van der Waals surface area contributed by atoms with E-state index in [1.807, 2.05) is 0 Å². The Morgan fingerprint density at radius 1 is 1.29 bits per heavy atom. The van der Waals surface area contributed by atoms with Gasteiger partial charge in [0.05, 0.1) is 21.5 Å².